The summed E-state index contributed by atoms with van der Waals surface area (Å²) in [5.41, 5.74) is 12.4. The highest BCUT2D eigenvalue weighted by Crippen LogP contribution is 2.60. The van der Waals surface area contributed by atoms with Crippen LogP contribution in [0.15, 0.2) is 72.9 Å². The number of carbonyl (C=O) groups is 1. The molecule has 0 amide bonds. The molecule has 10 atom stereocenters. The van der Waals surface area contributed by atoms with E-state index in [1.165, 1.54) is 36.5 Å². The van der Waals surface area contributed by atoms with Gasteiger partial charge in [-0.2, -0.15) is 0 Å². The number of aryl methyl sites for hydroxylation is 1. The molecule has 3 fully saturated rings. The van der Waals surface area contributed by atoms with Gasteiger partial charge >= 0.3 is 5.97 Å². The molecule has 0 spiro atoms. The fraction of sp³-hybridized carbons (Fsp3) is 0.607. The van der Waals surface area contributed by atoms with E-state index >= 15 is 0 Å². The lowest BCUT2D eigenvalue weighted by molar-refractivity contribution is -0.269. The third-order valence-corrected chi connectivity index (χ3v) is 18.3. The molecule has 2 heterocycles. The highest BCUT2D eigenvalue weighted by Gasteiger charge is 2.57. The number of aliphatic hydroxyl groups excluding tert-OH is 2. The standard InChI is InChI=1S/C61H85N3O7/c1-5-7-8-13-39-18-21-43(54(67)31-39)14-9-10-15-44-22-23-48(52-32-41(6-2)58(64-52)50-35-47(65)36-55(68)49(50)30-40-16-19-42(20-17-40)38(3)4)51-33-46(37-61(51,71)28-24-53(66)57(44)59(69)70)60(26-11-12-27-60)45-25-29-63-56(62)34-45/h16-21,25,29,32,34-36,38-39,43-44,46,48,51,53-54,57,64-68,71H,5-15,22-24,26-28,30-31,33,37H2,1-4H3,(H2,62,63)(H,69,70)/p-1/t39-,43-,44+,46+,48-,51+,53+,54-,57+,61+/m1/s1. The van der Waals surface area contributed by atoms with E-state index in [0.717, 1.165) is 86.7 Å². The van der Waals surface area contributed by atoms with Crippen molar-refractivity contribution in [1.82, 2.24) is 9.97 Å². The van der Waals surface area contributed by atoms with Gasteiger partial charge in [-0.25, -0.2) is 4.98 Å². The van der Waals surface area contributed by atoms with Crippen molar-refractivity contribution in [2.75, 3.05) is 5.73 Å². The number of H-pyrrole nitrogens is 1. The Bertz CT molecular complexity index is 2420. The third-order valence-electron chi connectivity index (χ3n) is 18.3. The van der Waals surface area contributed by atoms with Crippen LogP contribution in [-0.2, 0) is 23.1 Å². The molecule has 4 aromatic rings. The molecular weight excluding hydrogens is 887 g/mol. The minimum Gasteiger partial charge on any atom is -0.872 e. The van der Waals surface area contributed by atoms with Crippen molar-refractivity contribution in [3.8, 4) is 22.8 Å². The lowest BCUT2D eigenvalue weighted by Gasteiger charge is -2.40. The number of hydrogen-bond donors (Lipinski definition) is 7. The largest absolute Gasteiger partial charge is 0.872 e. The van der Waals surface area contributed by atoms with Crippen LogP contribution in [0.3, 0.4) is 0 Å². The topological polar surface area (TPSA) is 196 Å². The molecule has 0 saturated heterocycles. The molecule has 8 rings (SSSR count). The molecule has 0 radical (unpaired) electrons. The van der Waals surface area contributed by atoms with Crippen LogP contribution >= 0.6 is 0 Å². The molecule has 10 nitrogen and oxygen atoms in total. The Hall–Kier alpha value is -4.64. The van der Waals surface area contributed by atoms with Crippen LogP contribution in [0.5, 0.6) is 11.5 Å². The molecule has 0 aliphatic heterocycles. The number of pyridine rings is 1. The monoisotopic (exact) mass is 971 g/mol. The van der Waals surface area contributed by atoms with Crippen LogP contribution < -0.4 is 10.8 Å². The number of aromatic nitrogens is 2. The normalized spacial score (nSPS) is 28.8. The Labute approximate surface area is 423 Å². The Balaban J connectivity index is 1.14. The molecule has 8 N–H and O–H groups in total. The maximum Gasteiger partial charge on any atom is 0.309 e. The van der Waals surface area contributed by atoms with Gasteiger partial charge in [0.25, 0.3) is 0 Å². The summed E-state index contributed by atoms with van der Waals surface area (Å²) in [6, 6.07) is 17.7. The SMILES string of the molecule is CCCCC[C@@H]1C=C[C@@H](CCCC[C@H]2CC[C@@H](c3cc(CC)c(-c4cc(O)cc([O-])c4Cc4ccc(C(C)C)cc4)[nH]3)[C@@H]3C[C@H](C4(c5ccnc(N)c5)CCCC4)C[C@@]3(O)CC[C@H](O)[C@H]2C(=O)O)[C@H](O)C1. The molecule has 71 heavy (non-hydrogen) atoms. The van der Waals surface area contributed by atoms with E-state index < -0.39 is 23.6 Å². The first kappa shape index (κ1) is 52.7. The van der Waals surface area contributed by atoms with E-state index in [9.17, 15) is 35.4 Å². The Morgan fingerprint density at radius 3 is 2.32 bits per heavy atom. The Kier molecular flexibility index (Phi) is 17.1. The maximum atomic E-state index is 13.9. The minimum atomic E-state index is -1.19. The lowest BCUT2D eigenvalue weighted by atomic mass is 9.67. The Morgan fingerprint density at radius 2 is 1.63 bits per heavy atom. The number of carboxylic acid groups (broad SMARTS) is 1. The second kappa shape index (κ2) is 23.1. The quantitative estimate of drug-likeness (QED) is 0.0375. The number of aliphatic hydroxyl groups is 3. The van der Waals surface area contributed by atoms with Gasteiger partial charge in [-0.3, -0.25) is 4.79 Å². The predicted octanol–water partition coefficient (Wildman–Crippen LogP) is 12.0. The van der Waals surface area contributed by atoms with Gasteiger partial charge < -0.3 is 41.4 Å². The van der Waals surface area contributed by atoms with Crippen LogP contribution in [-0.4, -0.2) is 59.3 Å². The van der Waals surface area contributed by atoms with Gasteiger partial charge in [0.2, 0.25) is 0 Å². The first-order valence-electron chi connectivity index (χ1n) is 27.7. The molecule has 3 saturated carbocycles. The predicted molar refractivity (Wildman–Crippen MR) is 281 cm³/mol. The molecule has 2 aromatic heterocycles. The molecule has 10 heteroatoms. The van der Waals surface area contributed by atoms with E-state index in [2.05, 4.69) is 86.2 Å². The molecule has 4 aliphatic carbocycles. The van der Waals surface area contributed by atoms with E-state index in [1.807, 2.05) is 6.07 Å². The molecule has 0 unspecified atom stereocenters. The summed E-state index contributed by atoms with van der Waals surface area (Å²) in [6.07, 6.45) is 21.6. The van der Waals surface area contributed by atoms with Gasteiger partial charge in [0.15, 0.2) is 0 Å². The summed E-state index contributed by atoms with van der Waals surface area (Å²) in [6.45, 7) is 8.64. The number of phenolic OH excluding ortho intramolecular Hbond substituents is 1. The van der Waals surface area contributed by atoms with Crippen molar-refractivity contribution in [3.05, 3.63) is 106 Å². The number of unbranched alkanes of at least 4 members (excludes halogenated alkanes) is 3. The molecule has 0 bridgehead atoms. The fourth-order valence-electron chi connectivity index (χ4n) is 14.3. The van der Waals surface area contributed by atoms with Crippen molar-refractivity contribution >= 4 is 11.8 Å². The zero-order chi connectivity index (χ0) is 50.5. The van der Waals surface area contributed by atoms with Gasteiger partial charge in [0.1, 0.15) is 11.6 Å². The average Bonchev–Trinajstić information content (AvgIpc) is 4.10. The molecule has 386 valence electrons. The number of benzene rings is 2. The van der Waals surface area contributed by atoms with Crippen LogP contribution in [0.2, 0.25) is 0 Å². The van der Waals surface area contributed by atoms with Crippen molar-refractivity contribution in [3.63, 3.8) is 0 Å². The number of aliphatic carboxylic acids is 1. The summed E-state index contributed by atoms with van der Waals surface area (Å²) in [7, 11) is 0. The number of carboxylic acids is 1. The number of aromatic amines is 1. The fourth-order valence-corrected chi connectivity index (χ4v) is 14.3. The number of nitrogen functional groups attached to an aromatic ring is 1. The van der Waals surface area contributed by atoms with Crippen molar-refractivity contribution in [2.24, 2.45) is 35.5 Å². The van der Waals surface area contributed by atoms with Gasteiger partial charge in [-0.15, -0.1) is 5.75 Å². The van der Waals surface area contributed by atoms with E-state index in [4.69, 9.17) is 5.73 Å². The summed E-state index contributed by atoms with van der Waals surface area (Å²) in [4.78, 5) is 21.6. The van der Waals surface area contributed by atoms with Crippen LogP contribution in [0, 0.1) is 35.5 Å². The number of nitrogens with one attached hydrogen (secondary N) is 1. The minimum absolute atomic E-state index is 0.0887. The van der Waals surface area contributed by atoms with E-state index in [0.29, 0.717) is 67.3 Å². The molecular formula is C61H84N3O7-. The van der Waals surface area contributed by atoms with E-state index in [-0.39, 0.29) is 65.4 Å². The van der Waals surface area contributed by atoms with Crippen LogP contribution in [0.25, 0.3) is 11.3 Å². The van der Waals surface area contributed by atoms with Crippen molar-refractivity contribution in [1.29, 1.82) is 0 Å². The summed E-state index contributed by atoms with van der Waals surface area (Å²) < 4.78 is 0. The number of aromatic hydroxyl groups is 1. The van der Waals surface area contributed by atoms with Crippen LogP contribution in [0.4, 0.5) is 5.82 Å². The second-order valence-electron chi connectivity index (χ2n) is 23.0. The smallest absolute Gasteiger partial charge is 0.309 e. The van der Waals surface area contributed by atoms with Crippen LogP contribution in [0.1, 0.15) is 195 Å². The Morgan fingerprint density at radius 1 is 0.887 bits per heavy atom. The summed E-state index contributed by atoms with van der Waals surface area (Å²) >= 11 is 0. The van der Waals surface area contributed by atoms with Crippen molar-refractivity contribution in [2.45, 2.75) is 198 Å². The maximum absolute atomic E-state index is 13.9. The van der Waals surface area contributed by atoms with Gasteiger partial charge in [-0.05, 0) is 183 Å². The number of nitrogens with zero attached hydrogens (tertiary/aromatic N) is 1. The number of phenols is 1. The van der Waals surface area contributed by atoms with Gasteiger partial charge in [0, 0.05) is 35.0 Å². The van der Waals surface area contributed by atoms with Crippen molar-refractivity contribution < 1.29 is 35.4 Å². The average molecular weight is 971 g/mol. The lowest BCUT2D eigenvalue weighted by Crippen LogP contribution is -2.42. The highest BCUT2D eigenvalue weighted by atomic mass is 16.4. The number of allylic oxidation sites excluding steroid dienone is 1. The number of hydrogen-bond acceptors (Lipinski definition) is 8. The second-order valence-corrected chi connectivity index (χ2v) is 23.0. The first-order chi connectivity index (χ1) is 34.1. The summed E-state index contributed by atoms with van der Waals surface area (Å²) in [5.74, 6) is -1.49. The number of rotatable bonds is 18. The number of anilines is 1. The van der Waals surface area contributed by atoms with Gasteiger partial charge in [0.05, 0.1) is 23.7 Å². The van der Waals surface area contributed by atoms with E-state index in [1.54, 1.807) is 12.3 Å². The molecule has 4 aliphatic rings. The number of nitrogens with two attached hydrogens (primary N) is 1. The third kappa shape index (κ3) is 11.8. The number of fused-ring (bicyclic) bond motifs is 1. The first-order valence-corrected chi connectivity index (χ1v) is 27.7. The zero-order valence-electron chi connectivity index (χ0n) is 43.1. The summed E-state index contributed by atoms with van der Waals surface area (Å²) in [5, 5.41) is 72.4. The zero-order valence-corrected chi connectivity index (χ0v) is 43.1. The van der Waals surface area contributed by atoms with Gasteiger partial charge in [-0.1, -0.05) is 109 Å². The highest BCUT2D eigenvalue weighted by molar-refractivity contribution is 5.73. The molecule has 2 aromatic carbocycles.